The van der Waals surface area contributed by atoms with Crippen molar-refractivity contribution < 1.29 is 8.42 Å². The summed E-state index contributed by atoms with van der Waals surface area (Å²) in [5, 5.41) is 3.37. The summed E-state index contributed by atoms with van der Waals surface area (Å²) in [4.78, 5) is 0. The van der Waals surface area contributed by atoms with Crippen LogP contribution in [0.15, 0.2) is 0 Å². The van der Waals surface area contributed by atoms with Crippen molar-refractivity contribution in [3.8, 4) is 0 Å². The average Bonchev–Trinajstić information content (AvgIpc) is 2.15. The maximum atomic E-state index is 11.7. The van der Waals surface area contributed by atoms with Crippen molar-refractivity contribution in [3.63, 3.8) is 0 Å². The summed E-state index contributed by atoms with van der Waals surface area (Å²) >= 11 is 0. The molecular formula is C13H29NO2S. The van der Waals surface area contributed by atoms with Crippen molar-refractivity contribution in [2.45, 2.75) is 59.9 Å². The molecule has 0 heterocycles. The molecule has 0 aliphatic rings. The van der Waals surface area contributed by atoms with Gasteiger partial charge in [-0.25, -0.2) is 8.42 Å². The number of hydrogen-bond donors (Lipinski definition) is 1. The lowest BCUT2D eigenvalue weighted by molar-refractivity contribution is 0.281. The van der Waals surface area contributed by atoms with Gasteiger partial charge in [0, 0.05) is 11.8 Å². The second kappa shape index (κ2) is 7.37. The molecule has 104 valence electrons. The lowest BCUT2D eigenvalue weighted by Crippen LogP contribution is -2.32. The van der Waals surface area contributed by atoms with Crippen LogP contribution >= 0.6 is 0 Å². The van der Waals surface area contributed by atoms with E-state index in [0.717, 1.165) is 25.8 Å². The number of hydrogen-bond acceptors (Lipinski definition) is 3. The Bertz CT molecular complexity index is 297. The third-order valence-corrected chi connectivity index (χ3v) is 4.87. The van der Waals surface area contributed by atoms with Gasteiger partial charge in [0.2, 0.25) is 0 Å². The van der Waals surface area contributed by atoms with Gasteiger partial charge in [-0.15, -0.1) is 0 Å². The quantitative estimate of drug-likeness (QED) is 0.695. The molecule has 1 atom stereocenters. The molecule has 0 rings (SSSR count). The molecule has 0 aliphatic heterocycles. The standard InChI is InChI=1S/C13H29NO2S/c1-6-9-17(15,16)10-8-13(4,5)11-12(3)14-7-2/h12,14H,6-11H2,1-5H3. The van der Waals surface area contributed by atoms with Gasteiger partial charge >= 0.3 is 0 Å². The van der Waals surface area contributed by atoms with Gasteiger partial charge in [-0.2, -0.15) is 0 Å². The first kappa shape index (κ1) is 16.9. The van der Waals surface area contributed by atoms with E-state index < -0.39 is 9.84 Å². The predicted octanol–water partition coefficient (Wildman–Crippen LogP) is 2.62. The Kier molecular flexibility index (Phi) is 7.33. The van der Waals surface area contributed by atoms with Crippen molar-refractivity contribution in [1.29, 1.82) is 0 Å². The van der Waals surface area contributed by atoms with Gasteiger partial charge in [0.05, 0.1) is 5.75 Å². The van der Waals surface area contributed by atoms with Crippen LogP contribution in [0.3, 0.4) is 0 Å². The van der Waals surface area contributed by atoms with Gasteiger partial charge in [-0.1, -0.05) is 27.7 Å². The third kappa shape index (κ3) is 8.61. The average molecular weight is 263 g/mol. The summed E-state index contributed by atoms with van der Waals surface area (Å²) in [5.41, 5.74) is 0.0857. The van der Waals surface area contributed by atoms with E-state index in [9.17, 15) is 8.42 Å². The Balaban J connectivity index is 4.17. The lowest BCUT2D eigenvalue weighted by atomic mass is 9.83. The van der Waals surface area contributed by atoms with Crippen LogP contribution in [-0.2, 0) is 9.84 Å². The van der Waals surface area contributed by atoms with Crippen molar-refractivity contribution in [2.24, 2.45) is 5.41 Å². The monoisotopic (exact) mass is 263 g/mol. The molecule has 1 N–H and O–H groups in total. The second-order valence-corrected chi connectivity index (χ2v) is 8.03. The van der Waals surface area contributed by atoms with Gasteiger partial charge in [-0.3, -0.25) is 0 Å². The van der Waals surface area contributed by atoms with E-state index in [-0.39, 0.29) is 5.41 Å². The van der Waals surface area contributed by atoms with E-state index >= 15 is 0 Å². The van der Waals surface area contributed by atoms with Crippen LogP contribution in [-0.4, -0.2) is 32.5 Å². The van der Waals surface area contributed by atoms with Gasteiger partial charge in [0.25, 0.3) is 0 Å². The maximum absolute atomic E-state index is 11.7. The molecule has 4 heteroatoms. The minimum atomic E-state index is -2.83. The molecule has 0 fully saturated rings. The highest BCUT2D eigenvalue weighted by Crippen LogP contribution is 2.27. The number of sulfone groups is 1. The first-order chi connectivity index (χ1) is 7.72. The summed E-state index contributed by atoms with van der Waals surface area (Å²) in [6.45, 7) is 11.4. The molecule has 0 saturated carbocycles. The summed E-state index contributed by atoms with van der Waals surface area (Å²) in [5.74, 6) is 0.651. The van der Waals surface area contributed by atoms with Crippen molar-refractivity contribution in [2.75, 3.05) is 18.1 Å². The molecule has 0 aliphatic carbocycles. The predicted molar refractivity (Wildman–Crippen MR) is 75.1 cm³/mol. The van der Waals surface area contributed by atoms with E-state index in [2.05, 4.69) is 33.0 Å². The Morgan fingerprint density at radius 3 is 2.24 bits per heavy atom. The molecule has 0 saturated heterocycles. The minimum Gasteiger partial charge on any atom is -0.315 e. The highest BCUT2D eigenvalue weighted by Gasteiger charge is 2.23. The Morgan fingerprint density at radius 1 is 1.18 bits per heavy atom. The van der Waals surface area contributed by atoms with E-state index in [4.69, 9.17) is 0 Å². The molecule has 0 aromatic heterocycles. The second-order valence-electron chi connectivity index (χ2n) is 5.73. The van der Waals surface area contributed by atoms with Gasteiger partial charge in [-0.05, 0) is 38.1 Å². The topological polar surface area (TPSA) is 46.2 Å². The lowest BCUT2D eigenvalue weighted by Gasteiger charge is -2.28. The van der Waals surface area contributed by atoms with Crippen LogP contribution in [0.1, 0.15) is 53.9 Å². The maximum Gasteiger partial charge on any atom is 0.150 e. The number of nitrogens with one attached hydrogen (secondary N) is 1. The molecular weight excluding hydrogens is 234 g/mol. The van der Waals surface area contributed by atoms with E-state index in [1.54, 1.807) is 0 Å². The summed E-state index contributed by atoms with van der Waals surface area (Å²) in [7, 11) is -2.83. The normalized spacial score (nSPS) is 14.9. The van der Waals surface area contributed by atoms with Crippen LogP contribution in [0.4, 0.5) is 0 Å². The molecule has 0 aromatic carbocycles. The Morgan fingerprint density at radius 2 is 1.76 bits per heavy atom. The third-order valence-electron chi connectivity index (χ3n) is 3.02. The highest BCUT2D eigenvalue weighted by molar-refractivity contribution is 7.91. The van der Waals surface area contributed by atoms with Crippen LogP contribution in [0.5, 0.6) is 0 Å². The molecule has 0 aromatic rings. The van der Waals surface area contributed by atoms with Gasteiger partial charge in [0.1, 0.15) is 9.84 Å². The van der Waals surface area contributed by atoms with Crippen molar-refractivity contribution in [3.05, 3.63) is 0 Å². The van der Waals surface area contributed by atoms with E-state index in [1.165, 1.54) is 0 Å². The fourth-order valence-electron chi connectivity index (χ4n) is 2.20. The zero-order valence-electron chi connectivity index (χ0n) is 12.0. The molecule has 1 unspecified atom stereocenters. The summed E-state index contributed by atoms with van der Waals surface area (Å²) < 4.78 is 23.3. The van der Waals surface area contributed by atoms with E-state index in [1.807, 2.05) is 6.92 Å². The van der Waals surface area contributed by atoms with Crippen LogP contribution < -0.4 is 5.32 Å². The first-order valence-corrected chi connectivity index (χ1v) is 8.48. The van der Waals surface area contributed by atoms with Gasteiger partial charge in [0.15, 0.2) is 0 Å². The van der Waals surface area contributed by atoms with Crippen LogP contribution in [0, 0.1) is 5.41 Å². The van der Waals surface area contributed by atoms with Crippen molar-refractivity contribution >= 4 is 9.84 Å². The van der Waals surface area contributed by atoms with E-state index in [0.29, 0.717) is 17.5 Å². The zero-order chi connectivity index (χ0) is 13.5. The minimum absolute atomic E-state index is 0.0857. The molecule has 0 radical (unpaired) electrons. The fourth-order valence-corrected chi connectivity index (χ4v) is 3.89. The van der Waals surface area contributed by atoms with Crippen LogP contribution in [0.2, 0.25) is 0 Å². The molecule has 17 heavy (non-hydrogen) atoms. The summed E-state index contributed by atoms with van der Waals surface area (Å²) in [6, 6.07) is 0.448. The molecule has 0 bridgehead atoms. The van der Waals surface area contributed by atoms with Crippen LogP contribution in [0.25, 0.3) is 0 Å². The summed E-state index contributed by atoms with van der Waals surface area (Å²) in [6.07, 6.45) is 2.49. The molecule has 0 amide bonds. The highest BCUT2D eigenvalue weighted by atomic mass is 32.2. The Labute approximate surface area is 107 Å². The Hall–Kier alpha value is -0.0900. The fraction of sp³-hybridized carbons (Fsp3) is 1.00. The SMILES string of the molecule is CCCS(=O)(=O)CCC(C)(C)CC(C)NCC. The molecule has 0 spiro atoms. The molecule has 3 nitrogen and oxygen atoms in total. The zero-order valence-corrected chi connectivity index (χ0v) is 12.9. The number of rotatable bonds is 9. The first-order valence-electron chi connectivity index (χ1n) is 6.66. The van der Waals surface area contributed by atoms with Crippen molar-refractivity contribution in [1.82, 2.24) is 5.32 Å². The largest absolute Gasteiger partial charge is 0.315 e. The van der Waals surface area contributed by atoms with Gasteiger partial charge < -0.3 is 5.32 Å². The smallest absolute Gasteiger partial charge is 0.150 e.